The summed E-state index contributed by atoms with van der Waals surface area (Å²) in [6.07, 6.45) is 2.80. The molecule has 3 heteroatoms. The predicted octanol–water partition coefficient (Wildman–Crippen LogP) is 1.84. The summed E-state index contributed by atoms with van der Waals surface area (Å²) in [6, 6.07) is 4.39. The number of furan rings is 1. The van der Waals surface area contributed by atoms with Crippen molar-refractivity contribution in [3.05, 3.63) is 24.2 Å². The first-order valence-electron chi connectivity index (χ1n) is 5.28. The quantitative estimate of drug-likeness (QED) is 0.755. The van der Waals surface area contributed by atoms with Gasteiger partial charge >= 0.3 is 0 Å². The van der Waals surface area contributed by atoms with E-state index in [2.05, 4.69) is 18.7 Å². The van der Waals surface area contributed by atoms with Crippen molar-refractivity contribution in [3.8, 4) is 0 Å². The molecule has 1 aromatic rings. The van der Waals surface area contributed by atoms with Gasteiger partial charge in [0.25, 0.3) is 0 Å². The van der Waals surface area contributed by atoms with Gasteiger partial charge in [0.05, 0.1) is 12.8 Å². The fraction of sp³-hybridized carbons (Fsp3) is 0.636. The number of likely N-dealkylation sites (N-methyl/N-ethyl adjacent to an activating group) is 1. The van der Waals surface area contributed by atoms with E-state index in [-0.39, 0.29) is 0 Å². The Hall–Kier alpha value is -0.800. The fourth-order valence-electron chi connectivity index (χ4n) is 1.68. The molecule has 1 atom stereocenters. The molecule has 0 saturated carbocycles. The molecule has 3 nitrogen and oxygen atoms in total. The smallest absolute Gasteiger partial charge is 0.117 e. The molecule has 0 bridgehead atoms. The third kappa shape index (κ3) is 2.86. The van der Waals surface area contributed by atoms with Crippen molar-refractivity contribution in [3.63, 3.8) is 0 Å². The lowest BCUT2D eigenvalue weighted by Gasteiger charge is -2.27. The predicted molar refractivity (Wildman–Crippen MR) is 57.9 cm³/mol. The number of nitrogens with zero attached hydrogens (tertiary/aromatic N) is 1. The summed E-state index contributed by atoms with van der Waals surface area (Å²) in [6.45, 7) is 6.91. The second-order valence-electron chi connectivity index (χ2n) is 3.44. The zero-order valence-electron chi connectivity index (χ0n) is 9.07. The monoisotopic (exact) mass is 196 g/mol. The van der Waals surface area contributed by atoms with Crippen LogP contribution in [0.5, 0.6) is 0 Å². The van der Waals surface area contributed by atoms with Crippen molar-refractivity contribution in [2.45, 2.75) is 32.9 Å². The van der Waals surface area contributed by atoms with Crippen molar-refractivity contribution < 1.29 is 4.42 Å². The lowest BCUT2D eigenvalue weighted by Crippen LogP contribution is -2.39. The molecule has 0 radical (unpaired) electrons. The minimum atomic E-state index is 0.463. The Morgan fingerprint density at radius 1 is 1.50 bits per heavy atom. The van der Waals surface area contributed by atoms with E-state index in [1.807, 2.05) is 12.1 Å². The standard InChI is InChI=1S/C11H20N2O/c1-3-10(8-12)13(4-2)9-11-6-5-7-14-11/h5-7,10H,3-4,8-9,12H2,1-2H3. The molecule has 1 heterocycles. The van der Waals surface area contributed by atoms with Gasteiger partial charge in [-0.2, -0.15) is 0 Å². The maximum Gasteiger partial charge on any atom is 0.117 e. The molecule has 0 aliphatic rings. The molecular formula is C11H20N2O. The van der Waals surface area contributed by atoms with E-state index in [4.69, 9.17) is 10.2 Å². The first-order chi connectivity index (χ1) is 6.81. The van der Waals surface area contributed by atoms with Crippen LogP contribution in [0.1, 0.15) is 26.0 Å². The largest absolute Gasteiger partial charge is 0.468 e. The van der Waals surface area contributed by atoms with Crippen LogP contribution in [0.25, 0.3) is 0 Å². The van der Waals surface area contributed by atoms with Crippen LogP contribution in [0.4, 0.5) is 0 Å². The minimum Gasteiger partial charge on any atom is -0.468 e. The second-order valence-corrected chi connectivity index (χ2v) is 3.44. The molecule has 1 rings (SSSR count). The average molecular weight is 196 g/mol. The topological polar surface area (TPSA) is 42.4 Å². The summed E-state index contributed by atoms with van der Waals surface area (Å²) in [5.74, 6) is 1.01. The first-order valence-corrected chi connectivity index (χ1v) is 5.28. The Morgan fingerprint density at radius 3 is 2.71 bits per heavy atom. The molecule has 14 heavy (non-hydrogen) atoms. The summed E-state index contributed by atoms with van der Waals surface area (Å²) < 4.78 is 5.32. The highest BCUT2D eigenvalue weighted by atomic mass is 16.3. The van der Waals surface area contributed by atoms with E-state index in [0.29, 0.717) is 12.6 Å². The van der Waals surface area contributed by atoms with Gasteiger partial charge in [0, 0.05) is 12.6 Å². The van der Waals surface area contributed by atoms with Gasteiger partial charge in [-0.25, -0.2) is 0 Å². The Kier molecular flexibility index (Phi) is 4.70. The summed E-state index contributed by atoms with van der Waals surface area (Å²) in [4.78, 5) is 2.35. The lowest BCUT2D eigenvalue weighted by molar-refractivity contribution is 0.182. The summed E-state index contributed by atoms with van der Waals surface area (Å²) in [5.41, 5.74) is 5.72. The molecule has 0 aliphatic carbocycles. The summed E-state index contributed by atoms with van der Waals surface area (Å²) in [7, 11) is 0. The molecule has 80 valence electrons. The lowest BCUT2D eigenvalue weighted by atomic mass is 10.2. The molecule has 0 amide bonds. The number of hydrogen-bond donors (Lipinski definition) is 1. The molecule has 0 aromatic carbocycles. The second kappa shape index (κ2) is 5.83. The normalized spacial score (nSPS) is 13.4. The van der Waals surface area contributed by atoms with Crippen LogP contribution in [0.3, 0.4) is 0 Å². The van der Waals surface area contributed by atoms with Crippen LogP contribution in [-0.4, -0.2) is 24.0 Å². The molecule has 0 saturated heterocycles. The van der Waals surface area contributed by atoms with Gasteiger partial charge in [0.1, 0.15) is 5.76 Å². The van der Waals surface area contributed by atoms with Crippen LogP contribution < -0.4 is 5.73 Å². The third-order valence-corrected chi connectivity index (χ3v) is 2.60. The number of nitrogens with two attached hydrogens (primary N) is 1. The van der Waals surface area contributed by atoms with Crippen molar-refractivity contribution in [2.24, 2.45) is 5.73 Å². The maximum absolute atomic E-state index is 5.72. The molecule has 0 spiro atoms. The number of hydrogen-bond acceptors (Lipinski definition) is 3. The van der Waals surface area contributed by atoms with Gasteiger partial charge in [0.15, 0.2) is 0 Å². The maximum atomic E-state index is 5.72. The third-order valence-electron chi connectivity index (χ3n) is 2.60. The molecular weight excluding hydrogens is 176 g/mol. The fourth-order valence-corrected chi connectivity index (χ4v) is 1.68. The van der Waals surface area contributed by atoms with E-state index < -0.39 is 0 Å². The SMILES string of the molecule is CCC(CN)N(CC)Cc1ccco1. The zero-order chi connectivity index (χ0) is 10.4. The van der Waals surface area contributed by atoms with Crippen LogP contribution in [0, 0.1) is 0 Å². The van der Waals surface area contributed by atoms with Gasteiger partial charge in [-0.15, -0.1) is 0 Å². The Bertz CT molecular complexity index is 229. The highest BCUT2D eigenvalue weighted by molar-refractivity contribution is 4.98. The summed E-state index contributed by atoms with van der Waals surface area (Å²) in [5, 5.41) is 0. The van der Waals surface area contributed by atoms with Gasteiger partial charge < -0.3 is 10.2 Å². The molecule has 0 fully saturated rings. The molecule has 1 unspecified atom stereocenters. The van der Waals surface area contributed by atoms with Crippen LogP contribution >= 0.6 is 0 Å². The van der Waals surface area contributed by atoms with Gasteiger partial charge in [-0.05, 0) is 25.1 Å². The van der Waals surface area contributed by atoms with E-state index in [9.17, 15) is 0 Å². The van der Waals surface area contributed by atoms with Crippen molar-refractivity contribution in [1.29, 1.82) is 0 Å². The number of rotatable bonds is 6. The first kappa shape index (κ1) is 11.3. The molecule has 2 N–H and O–H groups in total. The van der Waals surface area contributed by atoms with Gasteiger partial charge in [0.2, 0.25) is 0 Å². The minimum absolute atomic E-state index is 0.463. The highest BCUT2D eigenvalue weighted by Gasteiger charge is 2.14. The summed E-state index contributed by atoms with van der Waals surface area (Å²) >= 11 is 0. The van der Waals surface area contributed by atoms with E-state index >= 15 is 0 Å². The van der Waals surface area contributed by atoms with Crippen LogP contribution in [0.2, 0.25) is 0 Å². The van der Waals surface area contributed by atoms with E-state index in [1.165, 1.54) is 0 Å². The Morgan fingerprint density at radius 2 is 2.29 bits per heavy atom. The van der Waals surface area contributed by atoms with Crippen molar-refractivity contribution in [2.75, 3.05) is 13.1 Å². The average Bonchev–Trinajstić information content (AvgIpc) is 2.70. The van der Waals surface area contributed by atoms with E-state index in [0.717, 1.165) is 25.3 Å². The molecule has 1 aromatic heterocycles. The van der Waals surface area contributed by atoms with Crippen LogP contribution in [0.15, 0.2) is 22.8 Å². The Labute approximate surface area is 85.9 Å². The molecule has 0 aliphatic heterocycles. The van der Waals surface area contributed by atoms with Gasteiger partial charge in [-0.3, -0.25) is 4.90 Å². The van der Waals surface area contributed by atoms with E-state index in [1.54, 1.807) is 6.26 Å². The highest BCUT2D eigenvalue weighted by Crippen LogP contribution is 2.10. The van der Waals surface area contributed by atoms with Crippen LogP contribution in [-0.2, 0) is 6.54 Å². The Balaban J connectivity index is 2.53. The van der Waals surface area contributed by atoms with Crippen molar-refractivity contribution in [1.82, 2.24) is 4.90 Å². The zero-order valence-corrected chi connectivity index (χ0v) is 9.07. The van der Waals surface area contributed by atoms with Crippen molar-refractivity contribution >= 4 is 0 Å². The van der Waals surface area contributed by atoms with Gasteiger partial charge in [-0.1, -0.05) is 13.8 Å².